The fourth-order valence-corrected chi connectivity index (χ4v) is 1.20. The zero-order chi connectivity index (χ0) is 13.8. The van der Waals surface area contributed by atoms with E-state index in [1.165, 1.54) is 19.1 Å². The first kappa shape index (κ1) is 14.7. The molecule has 7 heteroatoms. The van der Waals surface area contributed by atoms with Crippen molar-refractivity contribution < 1.29 is 32.1 Å². The summed E-state index contributed by atoms with van der Waals surface area (Å²) in [4.78, 5) is 0. The van der Waals surface area contributed by atoms with Gasteiger partial charge in [0.15, 0.2) is 11.6 Å². The van der Waals surface area contributed by atoms with Crippen molar-refractivity contribution in [3.63, 3.8) is 0 Å². The second kappa shape index (κ2) is 6.01. The Morgan fingerprint density at radius 3 is 2.44 bits per heavy atom. The van der Waals surface area contributed by atoms with Gasteiger partial charge in [0, 0.05) is 0 Å². The van der Waals surface area contributed by atoms with Crippen LogP contribution in [0.15, 0.2) is 18.2 Å². The Balaban J connectivity index is 2.48. The van der Waals surface area contributed by atoms with E-state index < -0.39 is 31.5 Å². The summed E-state index contributed by atoms with van der Waals surface area (Å²) in [5.41, 5.74) is 0.353. The third-order valence-electron chi connectivity index (χ3n) is 2.04. The van der Waals surface area contributed by atoms with E-state index >= 15 is 0 Å². The third-order valence-corrected chi connectivity index (χ3v) is 2.04. The predicted molar refractivity (Wildman–Crippen MR) is 54.5 cm³/mol. The largest absolute Gasteiger partial charge is 0.522 e. The molecule has 0 radical (unpaired) electrons. The van der Waals surface area contributed by atoms with E-state index in [0.717, 1.165) is 6.07 Å². The van der Waals surface area contributed by atoms with Crippen LogP contribution in [0.4, 0.5) is 17.6 Å². The molecule has 3 nitrogen and oxygen atoms in total. The predicted octanol–water partition coefficient (Wildman–Crippen LogP) is 2.79. The van der Waals surface area contributed by atoms with Crippen molar-refractivity contribution in [2.75, 3.05) is 13.2 Å². The average molecular weight is 268 g/mol. The third kappa shape index (κ3) is 4.89. The van der Waals surface area contributed by atoms with Gasteiger partial charge in [0.2, 0.25) is 0 Å². The molecule has 0 saturated heterocycles. The van der Waals surface area contributed by atoms with Crippen LogP contribution in [0.1, 0.15) is 18.6 Å². The molecule has 1 N–H and O–H groups in total. The number of alkyl halides is 3. The fourth-order valence-electron chi connectivity index (χ4n) is 1.20. The highest BCUT2D eigenvalue weighted by Gasteiger charge is 2.28. The lowest BCUT2D eigenvalue weighted by atomic mass is 10.1. The second-order valence-electron chi connectivity index (χ2n) is 3.51. The Hall–Kier alpha value is -1.34. The SMILES string of the molecule is C[C@@H](O)c1ccc(OCCOC(F)(F)F)c(F)c1. The van der Waals surface area contributed by atoms with Crippen LogP contribution in [0, 0.1) is 5.82 Å². The molecule has 0 aliphatic rings. The molecule has 18 heavy (non-hydrogen) atoms. The van der Waals surface area contributed by atoms with Gasteiger partial charge in [-0.3, -0.25) is 4.74 Å². The topological polar surface area (TPSA) is 38.7 Å². The van der Waals surface area contributed by atoms with Crippen LogP contribution in [0.3, 0.4) is 0 Å². The van der Waals surface area contributed by atoms with Gasteiger partial charge in [-0.1, -0.05) is 6.07 Å². The van der Waals surface area contributed by atoms with E-state index in [0.29, 0.717) is 5.56 Å². The number of benzene rings is 1. The maximum absolute atomic E-state index is 13.4. The lowest BCUT2D eigenvalue weighted by Gasteiger charge is -2.11. The summed E-state index contributed by atoms with van der Waals surface area (Å²) < 4.78 is 56.5. The molecule has 0 spiro atoms. The lowest BCUT2D eigenvalue weighted by molar-refractivity contribution is -0.325. The first-order valence-electron chi connectivity index (χ1n) is 5.10. The van der Waals surface area contributed by atoms with Gasteiger partial charge in [-0.15, -0.1) is 13.2 Å². The van der Waals surface area contributed by atoms with E-state index in [2.05, 4.69) is 4.74 Å². The van der Waals surface area contributed by atoms with Gasteiger partial charge in [0.25, 0.3) is 0 Å². The van der Waals surface area contributed by atoms with Gasteiger partial charge in [-0.25, -0.2) is 4.39 Å². The molecule has 0 fully saturated rings. The van der Waals surface area contributed by atoms with Crippen molar-refractivity contribution in [1.29, 1.82) is 0 Å². The van der Waals surface area contributed by atoms with E-state index in [1.807, 2.05) is 0 Å². The van der Waals surface area contributed by atoms with Crippen LogP contribution in [-0.4, -0.2) is 24.7 Å². The maximum atomic E-state index is 13.4. The molecule has 1 atom stereocenters. The highest BCUT2D eigenvalue weighted by molar-refractivity contribution is 5.30. The van der Waals surface area contributed by atoms with Gasteiger partial charge < -0.3 is 9.84 Å². The van der Waals surface area contributed by atoms with Crippen molar-refractivity contribution in [2.24, 2.45) is 0 Å². The number of ether oxygens (including phenoxy) is 2. The summed E-state index contributed by atoms with van der Waals surface area (Å²) in [5, 5.41) is 9.19. The van der Waals surface area contributed by atoms with Gasteiger partial charge in [0.1, 0.15) is 6.61 Å². The molecular weight excluding hydrogens is 256 g/mol. The van der Waals surface area contributed by atoms with Crippen molar-refractivity contribution in [3.05, 3.63) is 29.6 Å². The average Bonchev–Trinajstić information content (AvgIpc) is 2.24. The molecule has 0 bridgehead atoms. The molecule has 102 valence electrons. The van der Waals surface area contributed by atoms with Gasteiger partial charge >= 0.3 is 6.36 Å². The molecule has 0 unspecified atom stereocenters. The summed E-state index contributed by atoms with van der Waals surface area (Å²) in [6, 6.07) is 3.73. The highest BCUT2D eigenvalue weighted by Crippen LogP contribution is 2.22. The van der Waals surface area contributed by atoms with Crippen LogP contribution in [0.2, 0.25) is 0 Å². The first-order chi connectivity index (χ1) is 8.29. The summed E-state index contributed by atoms with van der Waals surface area (Å²) in [6.45, 7) is 0.317. The Labute approximate surface area is 101 Å². The second-order valence-corrected chi connectivity index (χ2v) is 3.51. The molecule has 0 aliphatic carbocycles. The van der Waals surface area contributed by atoms with E-state index in [9.17, 15) is 22.7 Å². The Kier molecular flexibility index (Phi) is 4.92. The maximum Gasteiger partial charge on any atom is 0.522 e. The minimum Gasteiger partial charge on any atom is -0.488 e. The summed E-state index contributed by atoms with van der Waals surface area (Å²) >= 11 is 0. The molecule has 1 aromatic rings. The minimum atomic E-state index is -4.72. The van der Waals surface area contributed by atoms with E-state index in [-0.39, 0.29) is 5.75 Å². The zero-order valence-corrected chi connectivity index (χ0v) is 9.50. The van der Waals surface area contributed by atoms with Crippen LogP contribution >= 0.6 is 0 Å². The standard InChI is InChI=1S/C11H12F4O3/c1-7(16)8-2-3-10(9(12)6-8)17-4-5-18-11(13,14)15/h2-3,6-7,16H,4-5H2,1H3/t7-/m1/s1. The molecule has 0 heterocycles. The number of rotatable bonds is 5. The van der Waals surface area contributed by atoms with Gasteiger partial charge in [-0.05, 0) is 24.6 Å². The Bertz CT molecular complexity index is 390. The molecule has 0 saturated carbocycles. The Morgan fingerprint density at radius 2 is 1.94 bits per heavy atom. The number of aliphatic hydroxyl groups is 1. The number of halogens is 4. The molecule has 0 aliphatic heterocycles. The van der Waals surface area contributed by atoms with Crippen molar-refractivity contribution in [3.8, 4) is 5.75 Å². The highest BCUT2D eigenvalue weighted by atomic mass is 19.4. The van der Waals surface area contributed by atoms with E-state index in [1.54, 1.807) is 0 Å². The van der Waals surface area contributed by atoms with Gasteiger partial charge in [0.05, 0.1) is 12.7 Å². The van der Waals surface area contributed by atoms with Crippen molar-refractivity contribution in [2.45, 2.75) is 19.4 Å². The van der Waals surface area contributed by atoms with Gasteiger partial charge in [-0.2, -0.15) is 0 Å². The first-order valence-corrected chi connectivity index (χ1v) is 5.10. The van der Waals surface area contributed by atoms with Crippen LogP contribution in [-0.2, 0) is 4.74 Å². The molecule has 1 rings (SSSR count). The van der Waals surface area contributed by atoms with Crippen LogP contribution in [0.5, 0.6) is 5.75 Å². The van der Waals surface area contributed by atoms with E-state index in [4.69, 9.17) is 4.74 Å². The van der Waals surface area contributed by atoms with Crippen molar-refractivity contribution >= 4 is 0 Å². The summed E-state index contributed by atoms with van der Waals surface area (Å²) in [7, 11) is 0. The lowest BCUT2D eigenvalue weighted by Crippen LogP contribution is -2.18. The number of aliphatic hydroxyl groups excluding tert-OH is 1. The zero-order valence-electron chi connectivity index (χ0n) is 9.50. The van der Waals surface area contributed by atoms with Crippen molar-refractivity contribution in [1.82, 2.24) is 0 Å². The Morgan fingerprint density at radius 1 is 1.28 bits per heavy atom. The monoisotopic (exact) mass is 268 g/mol. The molecule has 0 amide bonds. The summed E-state index contributed by atoms with van der Waals surface area (Å²) in [5.74, 6) is -0.939. The smallest absolute Gasteiger partial charge is 0.488 e. The quantitative estimate of drug-likeness (QED) is 0.659. The number of hydrogen-bond donors (Lipinski definition) is 1. The number of hydrogen-bond acceptors (Lipinski definition) is 3. The van der Waals surface area contributed by atoms with Crippen LogP contribution in [0.25, 0.3) is 0 Å². The van der Waals surface area contributed by atoms with Crippen LogP contribution < -0.4 is 4.74 Å². The summed E-state index contributed by atoms with van der Waals surface area (Å²) in [6.07, 6.45) is -5.56. The molecule has 0 aromatic heterocycles. The molecule has 1 aromatic carbocycles. The minimum absolute atomic E-state index is 0.190. The normalized spacial score (nSPS) is 13.4. The molecular formula is C11H12F4O3. The fraction of sp³-hybridized carbons (Fsp3) is 0.455.